The lowest BCUT2D eigenvalue weighted by Gasteiger charge is -2.41. The number of thioether (sulfide) groups is 1. The van der Waals surface area contributed by atoms with Crippen LogP contribution in [0.3, 0.4) is 0 Å². The minimum atomic E-state index is -1.63. The Morgan fingerprint density at radius 3 is 2.35 bits per heavy atom. The molecular weight excluding hydrogens is 1170 g/mol. The van der Waals surface area contributed by atoms with Crippen LogP contribution in [-0.4, -0.2) is 156 Å². The molecule has 23 heteroatoms. The summed E-state index contributed by atoms with van der Waals surface area (Å²) < 4.78 is 35.9. The van der Waals surface area contributed by atoms with Crippen LogP contribution >= 0.6 is 35.6 Å². The number of Topliss-reactive ketones (excluding diaryl/α,β-unsaturated/α-hetero) is 1. The van der Waals surface area contributed by atoms with Crippen molar-refractivity contribution in [3.8, 4) is 5.75 Å². The van der Waals surface area contributed by atoms with Gasteiger partial charge in [-0.15, -0.1) is 11.8 Å². The number of amides is 5. The van der Waals surface area contributed by atoms with Gasteiger partial charge in [-0.1, -0.05) is 92.7 Å². The van der Waals surface area contributed by atoms with E-state index < -0.39 is 101 Å². The maximum absolute atomic E-state index is 14.4. The van der Waals surface area contributed by atoms with E-state index in [4.69, 9.17) is 58.0 Å². The van der Waals surface area contributed by atoms with Crippen LogP contribution in [0, 0.1) is 17.8 Å². The zero-order chi connectivity index (χ0) is 64.0. The summed E-state index contributed by atoms with van der Waals surface area (Å²) in [5.41, 5.74) is 5.34. The van der Waals surface area contributed by atoms with Crippen molar-refractivity contribution in [1.82, 2.24) is 15.5 Å². The number of carbonyl (C=O) groups is 8. The quantitative estimate of drug-likeness (QED) is 0.0271. The van der Waals surface area contributed by atoms with Gasteiger partial charge in [0, 0.05) is 62.9 Å². The summed E-state index contributed by atoms with van der Waals surface area (Å²) in [6, 6.07) is 8.37. The molecule has 474 valence electrons. The number of benzene rings is 2. The van der Waals surface area contributed by atoms with Crippen LogP contribution in [0.1, 0.15) is 130 Å². The molecule has 3 aliphatic rings. The Balaban J connectivity index is 1.20. The Morgan fingerprint density at radius 1 is 1.05 bits per heavy atom. The van der Waals surface area contributed by atoms with Crippen molar-refractivity contribution >= 4 is 92.9 Å². The number of nitrogens with two attached hydrogens (primary N) is 1. The first-order valence-electron chi connectivity index (χ1n) is 29.2. The van der Waals surface area contributed by atoms with Crippen molar-refractivity contribution in [3.63, 3.8) is 0 Å². The topological polar surface area (TPSA) is 272 Å². The second kappa shape index (κ2) is 31.3. The van der Waals surface area contributed by atoms with Gasteiger partial charge in [0.25, 0.3) is 0 Å². The number of fused-ring (bicyclic) bond motifs is 5. The van der Waals surface area contributed by atoms with E-state index in [9.17, 15) is 43.5 Å². The summed E-state index contributed by atoms with van der Waals surface area (Å²) in [5, 5.41) is 17.6. The van der Waals surface area contributed by atoms with Crippen LogP contribution in [0.25, 0.3) is 0 Å². The van der Waals surface area contributed by atoms with E-state index in [0.717, 1.165) is 22.3 Å². The summed E-state index contributed by atoms with van der Waals surface area (Å²) in [6.07, 6.45) is 3.11. The number of epoxide rings is 1. The lowest BCUT2D eigenvalue weighted by atomic mass is 9.78. The highest BCUT2D eigenvalue weighted by Gasteiger charge is 2.64. The number of likely N-dealkylation sites (N-methyl/N-ethyl adjacent to an activating group) is 1. The fourth-order valence-electron chi connectivity index (χ4n) is 10.7. The van der Waals surface area contributed by atoms with Crippen molar-refractivity contribution < 1.29 is 71.9 Å². The number of ether oxygens (including phenoxy) is 6. The molecule has 3 aliphatic heterocycles. The van der Waals surface area contributed by atoms with Gasteiger partial charge in [-0.2, -0.15) is 0 Å². The first kappa shape index (κ1) is 70.8. The van der Waals surface area contributed by atoms with E-state index in [0.29, 0.717) is 47.1 Å². The highest BCUT2D eigenvalue weighted by atomic mass is 35.5. The summed E-state index contributed by atoms with van der Waals surface area (Å²) in [6.45, 7) is 16.1. The minimum Gasteiger partial charge on any atom is -0.495 e. The molecule has 2 saturated heterocycles. The zero-order valence-corrected chi connectivity index (χ0v) is 54.3. The monoisotopic (exact) mass is 1250 g/mol. The predicted molar refractivity (Wildman–Crippen MR) is 333 cm³/mol. The highest BCUT2D eigenvalue weighted by Crippen LogP contribution is 2.50. The molecule has 2 fully saturated rings. The average molecular weight is 1260 g/mol. The molecule has 0 saturated carbocycles. The number of aliphatic hydroxyl groups is 1. The standard InChI is InChI=1S/C63H88ClN5O15S2/c1-36(2)43(32-53(73)83-61(6,7)8)58(75)67-44(17-15-26-66-60(65)77)46(70)30-41-21-19-40(20-22-41)23-24-55(85)86-27-25-51(71)68(10)39(5)59(76)82-50-33-52(72)69(11)45-29-42(31-47(79-12)56(45)64)28-37(3)16-14-18-49(80-13)63(78)34-48(81-54(74)35-63)38(4)57-62(50,9)84-57/h14,16,18-22,29,31,36,38-39,43-44,48-50,57,78H,15,17,23-28,30,32-35H2,1-13H3,(H,67,75)(H3,65,66,77)/b18-14+,37-16+/t38-,39+,43+,44+,48+,49-,50+,57+,62+,63-/m1/s1. The number of nitrogens with zero attached hydrogens (tertiary/aromatic N) is 2. The summed E-state index contributed by atoms with van der Waals surface area (Å²) in [4.78, 5) is 109. The van der Waals surface area contributed by atoms with E-state index in [1.54, 1.807) is 66.0 Å². The fraction of sp³-hybridized carbons (Fsp3) is 0.603. The van der Waals surface area contributed by atoms with Gasteiger partial charge < -0.3 is 59.7 Å². The van der Waals surface area contributed by atoms with E-state index in [2.05, 4.69) is 10.6 Å². The smallest absolute Gasteiger partial charge is 0.328 e. The number of hydrogen-bond acceptors (Lipinski definition) is 17. The number of allylic oxidation sites excluding steroid dienone is 3. The first-order valence-corrected chi connectivity index (χ1v) is 30.9. The molecule has 0 radical (unpaired) electrons. The number of methoxy groups -OCH3 is 2. The molecule has 0 aliphatic carbocycles. The molecule has 20 nitrogen and oxygen atoms in total. The molecule has 2 aromatic carbocycles. The van der Waals surface area contributed by atoms with E-state index in [1.165, 1.54) is 49.8 Å². The largest absolute Gasteiger partial charge is 0.495 e. The first-order chi connectivity index (χ1) is 40.3. The number of urea groups is 1. The van der Waals surface area contributed by atoms with Gasteiger partial charge in [0.15, 0.2) is 5.78 Å². The van der Waals surface area contributed by atoms with E-state index >= 15 is 0 Å². The number of ketones is 1. The van der Waals surface area contributed by atoms with Gasteiger partial charge in [-0.25, -0.2) is 9.59 Å². The maximum atomic E-state index is 14.4. The Morgan fingerprint density at radius 2 is 1.72 bits per heavy atom. The molecule has 0 spiro atoms. The maximum Gasteiger partial charge on any atom is 0.328 e. The molecule has 86 heavy (non-hydrogen) atoms. The van der Waals surface area contributed by atoms with Crippen molar-refractivity contribution in [3.05, 3.63) is 81.9 Å². The summed E-state index contributed by atoms with van der Waals surface area (Å²) in [7, 11) is 6.00. The van der Waals surface area contributed by atoms with E-state index in [-0.39, 0.29) is 74.1 Å². The second-order valence-corrected chi connectivity index (χ2v) is 26.6. The van der Waals surface area contributed by atoms with Gasteiger partial charge in [0.1, 0.15) is 51.9 Å². The van der Waals surface area contributed by atoms with Crippen molar-refractivity contribution in [2.24, 2.45) is 23.5 Å². The van der Waals surface area contributed by atoms with Gasteiger partial charge in [-0.05, 0) is 108 Å². The number of halogens is 1. The van der Waals surface area contributed by atoms with Gasteiger partial charge >= 0.3 is 23.9 Å². The molecule has 5 rings (SSSR count). The third-order valence-electron chi connectivity index (χ3n) is 16.0. The number of hydrogen-bond donors (Lipinski definition) is 4. The fourth-order valence-corrected chi connectivity index (χ4v) is 12.1. The summed E-state index contributed by atoms with van der Waals surface area (Å²) >= 11 is 13.9. The number of carbonyl (C=O) groups excluding carboxylic acids is 8. The van der Waals surface area contributed by atoms with Gasteiger partial charge in [0.2, 0.25) is 17.7 Å². The van der Waals surface area contributed by atoms with Crippen LogP contribution < -0.4 is 26.0 Å². The SMILES string of the molecule is COc1cc2cc(c1Cl)N(C)C(=O)C[C@H](OC(=O)[C@H](C)N(C)C(=O)CCSC(=S)CCc1ccc(CC(=O)[C@H](CCCNC(N)=O)NC(=O)[C@@H](CC(=O)OC(C)(C)C)C(C)C)cc1)[C@]1(C)O[C@H]1[C@H](C)[C@@H]1C[C@@](O)(CC(=O)O1)[C@H](OC)/C=C/C=C(\C)C2. The van der Waals surface area contributed by atoms with Crippen molar-refractivity contribution in [2.75, 3.05) is 45.5 Å². The number of rotatable bonds is 23. The number of esters is 3. The van der Waals surface area contributed by atoms with Crippen LogP contribution in [0.2, 0.25) is 5.02 Å². The number of primary amides is 1. The van der Waals surface area contributed by atoms with Crippen LogP contribution in [0.15, 0.2) is 60.2 Å². The molecule has 2 aromatic rings. The predicted octanol–water partition coefficient (Wildman–Crippen LogP) is 7.90. The van der Waals surface area contributed by atoms with E-state index in [1.807, 2.05) is 51.1 Å². The third-order valence-corrected chi connectivity index (χ3v) is 17.9. The zero-order valence-electron chi connectivity index (χ0n) is 51.9. The normalized spacial score (nSPS) is 24.5. The Hall–Kier alpha value is -5.91. The Labute approximate surface area is 520 Å². The number of thiocarbonyl (C=S) groups is 1. The molecule has 0 aromatic heterocycles. The Bertz CT molecular complexity index is 2860. The highest BCUT2D eigenvalue weighted by molar-refractivity contribution is 8.23. The second-order valence-electron chi connectivity index (χ2n) is 24.3. The van der Waals surface area contributed by atoms with Crippen molar-refractivity contribution in [1.29, 1.82) is 0 Å². The van der Waals surface area contributed by atoms with Crippen molar-refractivity contribution in [2.45, 2.75) is 186 Å². The molecular formula is C63H88ClN5O15S2. The van der Waals surface area contributed by atoms with Gasteiger partial charge in [0.05, 0.1) is 50.1 Å². The van der Waals surface area contributed by atoms with Gasteiger partial charge in [-0.3, -0.25) is 28.8 Å². The average Bonchev–Trinajstić information content (AvgIpc) is 1.60. The molecule has 0 unspecified atom stereocenters. The molecule has 5 amide bonds. The lowest BCUT2D eigenvalue weighted by molar-refractivity contribution is -0.187. The number of aryl methyl sites for hydroxylation is 1. The van der Waals surface area contributed by atoms with Crippen LogP contribution in [0.5, 0.6) is 5.75 Å². The molecule has 4 bridgehead atoms. The number of nitrogens with one attached hydrogen (secondary N) is 2. The third kappa shape index (κ3) is 20.1. The molecule has 3 heterocycles. The number of anilines is 1. The minimum absolute atomic E-state index is 0.0141. The van der Waals surface area contributed by atoms with Crippen LogP contribution in [0.4, 0.5) is 10.5 Å². The Kier molecular flexibility index (Phi) is 25.8. The lowest BCUT2D eigenvalue weighted by Crippen LogP contribution is -2.53. The van der Waals surface area contributed by atoms with Crippen LogP contribution in [-0.2, 0) is 76.5 Å². The summed E-state index contributed by atoms with van der Waals surface area (Å²) in [5.74, 6) is -4.25. The molecule has 5 N–H and O–H groups in total. The molecule has 10 atom stereocenters.